The van der Waals surface area contributed by atoms with E-state index in [9.17, 15) is 0 Å². The van der Waals surface area contributed by atoms with Crippen molar-refractivity contribution in [3.8, 4) is 0 Å². The zero-order valence-corrected chi connectivity index (χ0v) is 13.4. The van der Waals surface area contributed by atoms with Gasteiger partial charge in [-0.1, -0.05) is 52.6 Å². The number of allylic oxidation sites excluding steroid dienone is 1. The fourth-order valence-corrected chi connectivity index (χ4v) is 3.07. The molecule has 104 valence electrons. The predicted molar refractivity (Wildman–Crippen MR) is 86.5 cm³/mol. The van der Waals surface area contributed by atoms with Crippen LogP contribution >= 0.6 is 15.9 Å². The molecule has 0 bridgehead atoms. The first-order chi connectivity index (χ1) is 9.29. The molecule has 0 heterocycles. The van der Waals surface area contributed by atoms with Crippen LogP contribution in [0.2, 0.25) is 0 Å². The highest BCUT2D eigenvalue weighted by Gasteiger charge is 2.13. The molecule has 0 fully saturated rings. The van der Waals surface area contributed by atoms with Gasteiger partial charge in [0, 0.05) is 10.5 Å². The summed E-state index contributed by atoms with van der Waals surface area (Å²) in [4.78, 5) is 0. The average Bonchev–Trinajstić information content (AvgIpc) is 2.38. The van der Waals surface area contributed by atoms with Gasteiger partial charge in [0.1, 0.15) is 0 Å². The number of halogens is 1. The molecule has 2 heteroatoms. The molecule has 1 aromatic carbocycles. The van der Waals surface area contributed by atoms with Crippen molar-refractivity contribution in [2.75, 3.05) is 7.05 Å². The van der Waals surface area contributed by atoms with Crippen molar-refractivity contribution in [3.05, 3.63) is 46.0 Å². The molecule has 2 rings (SSSR count). The Kier molecular flexibility index (Phi) is 6.12. The lowest BCUT2D eigenvalue weighted by Crippen LogP contribution is -2.30. The molecule has 1 nitrogen and oxygen atoms in total. The second kappa shape index (κ2) is 7.86. The molecule has 1 N–H and O–H groups in total. The largest absolute Gasteiger partial charge is 0.313 e. The summed E-state index contributed by atoms with van der Waals surface area (Å²) in [5.41, 5.74) is 3.02. The number of hydrogen-bond donors (Lipinski definition) is 1. The van der Waals surface area contributed by atoms with Gasteiger partial charge in [-0.2, -0.15) is 0 Å². The molecule has 19 heavy (non-hydrogen) atoms. The lowest BCUT2D eigenvalue weighted by Gasteiger charge is -2.22. The third kappa shape index (κ3) is 4.77. The Bertz CT molecular complexity index is 408. The van der Waals surface area contributed by atoms with Crippen LogP contribution in [0, 0.1) is 0 Å². The topological polar surface area (TPSA) is 12.0 Å². The fraction of sp³-hybridized carbons (Fsp3) is 0.529. The second-order valence-electron chi connectivity index (χ2n) is 5.40. The molecular formula is C17H24BrN. The zero-order valence-electron chi connectivity index (χ0n) is 11.8. The molecule has 0 radical (unpaired) electrons. The molecule has 1 unspecified atom stereocenters. The molecule has 0 saturated heterocycles. The van der Waals surface area contributed by atoms with E-state index in [0.29, 0.717) is 6.04 Å². The van der Waals surface area contributed by atoms with Crippen LogP contribution in [0.4, 0.5) is 0 Å². The highest BCUT2D eigenvalue weighted by atomic mass is 79.9. The van der Waals surface area contributed by atoms with E-state index in [1.807, 2.05) is 0 Å². The van der Waals surface area contributed by atoms with E-state index in [4.69, 9.17) is 0 Å². The van der Waals surface area contributed by atoms with Crippen LogP contribution in [0.5, 0.6) is 0 Å². The summed E-state index contributed by atoms with van der Waals surface area (Å²) >= 11 is 3.50. The Morgan fingerprint density at radius 3 is 2.58 bits per heavy atom. The molecule has 1 aromatic rings. The monoisotopic (exact) mass is 321 g/mol. The first-order valence-corrected chi connectivity index (χ1v) is 8.19. The Hall–Kier alpha value is -0.600. The summed E-state index contributed by atoms with van der Waals surface area (Å²) in [6, 6.07) is 9.21. The van der Waals surface area contributed by atoms with Crippen LogP contribution in [0.15, 0.2) is 40.4 Å². The zero-order chi connectivity index (χ0) is 13.5. The van der Waals surface area contributed by atoms with E-state index >= 15 is 0 Å². The molecule has 0 aromatic heterocycles. The van der Waals surface area contributed by atoms with Crippen LogP contribution in [0.1, 0.15) is 44.1 Å². The van der Waals surface area contributed by atoms with Crippen molar-refractivity contribution >= 4 is 15.9 Å². The van der Waals surface area contributed by atoms with Gasteiger partial charge in [0.15, 0.2) is 0 Å². The van der Waals surface area contributed by atoms with Crippen molar-refractivity contribution in [1.29, 1.82) is 0 Å². The van der Waals surface area contributed by atoms with Crippen molar-refractivity contribution < 1.29 is 0 Å². The molecule has 0 aliphatic heterocycles. The molecule has 0 saturated carbocycles. The van der Waals surface area contributed by atoms with E-state index < -0.39 is 0 Å². The van der Waals surface area contributed by atoms with Gasteiger partial charge < -0.3 is 5.32 Å². The molecule has 0 amide bonds. The van der Waals surface area contributed by atoms with Gasteiger partial charge in [-0.3, -0.25) is 0 Å². The van der Waals surface area contributed by atoms with Crippen LogP contribution in [-0.4, -0.2) is 13.1 Å². The minimum atomic E-state index is 0.499. The molecule has 1 atom stereocenters. The second-order valence-corrected chi connectivity index (χ2v) is 6.32. The minimum absolute atomic E-state index is 0.499. The normalized spacial score (nSPS) is 21.1. The summed E-state index contributed by atoms with van der Waals surface area (Å²) in [6.45, 7) is 0. The van der Waals surface area contributed by atoms with E-state index in [-0.39, 0.29) is 0 Å². The Morgan fingerprint density at radius 1 is 1.11 bits per heavy atom. The van der Waals surface area contributed by atoms with Gasteiger partial charge in [-0.05, 0) is 56.8 Å². The van der Waals surface area contributed by atoms with Gasteiger partial charge in [0.05, 0.1) is 0 Å². The Morgan fingerprint density at radius 2 is 1.84 bits per heavy atom. The number of likely N-dealkylation sites (N-methyl/N-ethyl adjacent to an activating group) is 1. The first-order valence-electron chi connectivity index (χ1n) is 7.40. The van der Waals surface area contributed by atoms with Gasteiger partial charge in [-0.15, -0.1) is 0 Å². The highest BCUT2D eigenvalue weighted by Crippen LogP contribution is 2.22. The number of benzene rings is 1. The van der Waals surface area contributed by atoms with Crippen LogP contribution in [0.3, 0.4) is 0 Å². The van der Waals surface area contributed by atoms with Gasteiger partial charge in [-0.25, -0.2) is 0 Å². The summed E-state index contributed by atoms with van der Waals surface area (Å²) in [5.74, 6) is 0. The molecule has 1 aliphatic carbocycles. The minimum Gasteiger partial charge on any atom is -0.313 e. The average molecular weight is 322 g/mol. The Balaban J connectivity index is 2.03. The van der Waals surface area contributed by atoms with Crippen molar-refractivity contribution in [1.82, 2.24) is 5.32 Å². The van der Waals surface area contributed by atoms with Crippen LogP contribution in [-0.2, 0) is 6.42 Å². The first kappa shape index (κ1) is 14.8. The maximum atomic E-state index is 3.50. The SMILES string of the molecule is CNC(Cc1ccc(Br)cc1)/C1=C/CCCCCC1. The van der Waals surface area contributed by atoms with Gasteiger partial charge >= 0.3 is 0 Å². The Labute approximate surface area is 125 Å². The van der Waals surface area contributed by atoms with Crippen LogP contribution in [0.25, 0.3) is 0 Å². The third-order valence-corrected chi connectivity index (χ3v) is 4.50. The summed E-state index contributed by atoms with van der Waals surface area (Å²) < 4.78 is 1.16. The quantitative estimate of drug-likeness (QED) is 0.781. The number of nitrogens with one attached hydrogen (secondary N) is 1. The maximum Gasteiger partial charge on any atom is 0.0317 e. The lowest BCUT2D eigenvalue weighted by atomic mass is 9.91. The highest BCUT2D eigenvalue weighted by molar-refractivity contribution is 9.10. The van der Waals surface area contributed by atoms with E-state index in [1.54, 1.807) is 5.57 Å². The van der Waals surface area contributed by atoms with Crippen molar-refractivity contribution in [2.24, 2.45) is 0 Å². The maximum absolute atomic E-state index is 3.50. The van der Waals surface area contributed by atoms with E-state index in [2.05, 4.69) is 58.6 Å². The molecule has 1 aliphatic rings. The van der Waals surface area contributed by atoms with Gasteiger partial charge in [0.25, 0.3) is 0 Å². The van der Waals surface area contributed by atoms with Gasteiger partial charge in [0.2, 0.25) is 0 Å². The summed E-state index contributed by atoms with van der Waals surface area (Å²) in [5, 5.41) is 3.50. The van der Waals surface area contributed by atoms with Crippen molar-refractivity contribution in [2.45, 2.75) is 51.0 Å². The van der Waals surface area contributed by atoms with E-state index in [1.165, 1.54) is 44.1 Å². The number of hydrogen-bond acceptors (Lipinski definition) is 1. The summed E-state index contributed by atoms with van der Waals surface area (Å²) in [7, 11) is 2.09. The standard InChI is InChI=1S/C17H24BrN/c1-19-17(13-14-9-11-16(18)12-10-14)15-7-5-3-2-4-6-8-15/h7,9-12,17,19H,2-6,8,13H2,1H3/b15-7+. The third-order valence-electron chi connectivity index (χ3n) is 3.98. The molecular weight excluding hydrogens is 298 g/mol. The molecule has 0 spiro atoms. The van der Waals surface area contributed by atoms with Crippen molar-refractivity contribution in [3.63, 3.8) is 0 Å². The van der Waals surface area contributed by atoms with E-state index in [0.717, 1.165) is 10.9 Å². The fourth-order valence-electron chi connectivity index (χ4n) is 2.81. The smallest absolute Gasteiger partial charge is 0.0317 e. The summed E-state index contributed by atoms with van der Waals surface area (Å²) in [6.07, 6.45) is 11.6. The predicted octanol–water partition coefficient (Wildman–Crippen LogP) is 4.86. The number of rotatable bonds is 4. The van der Waals surface area contributed by atoms with Crippen LogP contribution < -0.4 is 5.32 Å². The lowest BCUT2D eigenvalue weighted by molar-refractivity contribution is 0.557.